The summed E-state index contributed by atoms with van der Waals surface area (Å²) in [6, 6.07) is 24.2. The van der Waals surface area contributed by atoms with E-state index in [0.717, 1.165) is 11.1 Å². The fraction of sp³-hybridized carbons (Fsp3) is 0.0952. The molecule has 0 bridgehead atoms. The first-order valence-electron chi connectivity index (χ1n) is 7.89. The number of hydrogen-bond donors (Lipinski definition) is 0. The summed E-state index contributed by atoms with van der Waals surface area (Å²) in [5, 5.41) is 20.5. The molecule has 0 spiro atoms. The highest BCUT2D eigenvalue weighted by Crippen LogP contribution is 2.28. The first kappa shape index (κ1) is 18.0. The quantitative estimate of drug-likeness (QED) is 0.585. The minimum absolute atomic E-state index is 0.531. The molecule has 1 aromatic heterocycles. The van der Waals surface area contributed by atoms with E-state index in [4.69, 9.17) is 23.2 Å². The fourth-order valence-electron chi connectivity index (χ4n) is 2.72. The summed E-state index contributed by atoms with van der Waals surface area (Å²) < 4.78 is 0. The summed E-state index contributed by atoms with van der Waals surface area (Å²) in [6.45, 7) is 0. The molecule has 0 saturated carbocycles. The topological polar surface area (TPSA) is 60.5 Å². The van der Waals surface area contributed by atoms with Gasteiger partial charge in [0.15, 0.2) is 0 Å². The molecule has 0 amide bonds. The Hall–Kier alpha value is -2.85. The number of pyridine rings is 1. The van der Waals surface area contributed by atoms with E-state index >= 15 is 0 Å². The first-order chi connectivity index (χ1) is 12.6. The molecule has 0 aliphatic rings. The smallest absolute Gasteiger partial charge is 0.113 e. The van der Waals surface area contributed by atoms with Gasteiger partial charge in [0.05, 0.1) is 23.5 Å². The van der Waals surface area contributed by atoms with Crippen LogP contribution >= 0.6 is 23.2 Å². The summed E-state index contributed by atoms with van der Waals surface area (Å²) in [7, 11) is 0. The Bertz CT molecular complexity index is 905. The molecule has 26 heavy (non-hydrogen) atoms. The van der Waals surface area contributed by atoms with Gasteiger partial charge in [0.1, 0.15) is 11.8 Å². The Morgan fingerprint density at radius 3 is 1.38 bits per heavy atom. The molecule has 0 unspecified atom stereocenters. The highest BCUT2D eigenvalue weighted by molar-refractivity contribution is 6.30. The van der Waals surface area contributed by atoms with E-state index in [2.05, 4.69) is 17.1 Å². The number of nitrogens with zero attached hydrogens (tertiary/aromatic N) is 3. The van der Waals surface area contributed by atoms with E-state index in [1.54, 1.807) is 36.4 Å². The lowest BCUT2D eigenvalue weighted by Crippen LogP contribution is -2.06. The van der Waals surface area contributed by atoms with Gasteiger partial charge in [0.2, 0.25) is 0 Å². The van der Waals surface area contributed by atoms with Crippen LogP contribution in [-0.4, -0.2) is 4.98 Å². The van der Waals surface area contributed by atoms with Crippen molar-refractivity contribution in [3.05, 3.63) is 99.3 Å². The molecule has 0 N–H and O–H groups in total. The first-order valence-corrected chi connectivity index (χ1v) is 8.65. The average molecular weight is 378 g/mol. The largest absolute Gasteiger partial charge is 0.254 e. The second kappa shape index (κ2) is 8.02. The highest BCUT2D eigenvalue weighted by Gasteiger charge is 2.19. The molecule has 2 aromatic carbocycles. The Labute approximate surface area is 162 Å². The standard InChI is InChI=1S/C21H13Cl2N3/c22-16-8-4-14(5-9-16)18(12-24)20-2-1-3-21(26-20)19(13-25)15-6-10-17(23)11-7-15/h1-11,18-19H/t18-,19-/m0/s1. The molecule has 2 atom stereocenters. The molecule has 3 aromatic rings. The molecule has 3 rings (SSSR count). The maximum atomic E-state index is 9.63. The lowest BCUT2D eigenvalue weighted by molar-refractivity contribution is 0.894. The normalized spacial score (nSPS) is 12.6. The van der Waals surface area contributed by atoms with Crippen molar-refractivity contribution in [3.8, 4) is 12.1 Å². The van der Waals surface area contributed by atoms with Crippen molar-refractivity contribution in [2.24, 2.45) is 0 Å². The van der Waals surface area contributed by atoms with Gasteiger partial charge in [0.25, 0.3) is 0 Å². The minimum Gasteiger partial charge on any atom is -0.254 e. The van der Waals surface area contributed by atoms with Crippen LogP contribution in [0.25, 0.3) is 0 Å². The van der Waals surface area contributed by atoms with E-state index in [-0.39, 0.29) is 0 Å². The second-order valence-corrected chi connectivity index (χ2v) is 6.59. The molecule has 0 aliphatic carbocycles. The number of hydrogen-bond acceptors (Lipinski definition) is 3. The van der Waals surface area contributed by atoms with Crippen LogP contribution in [0.1, 0.15) is 34.4 Å². The Morgan fingerprint density at radius 1 is 0.654 bits per heavy atom. The summed E-state index contributed by atoms with van der Waals surface area (Å²) in [5.41, 5.74) is 2.81. The summed E-state index contributed by atoms with van der Waals surface area (Å²) in [6.07, 6.45) is 0. The van der Waals surface area contributed by atoms with Crippen molar-refractivity contribution in [2.75, 3.05) is 0 Å². The highest BCUT2D eigenvalue weighted by atomic mass is 35.5. The Balaban J connectivity index is 1.98. The maximum absolute atomic E-state index is 9.63. The van der Waals surface area contributed by atoms with Crippen molar-refractivity contribution in [1.29, 1.82) is 10.5 Å². The Morgan fingerprint density at radius 2 is 1.04 bits per heavy atom. The monoisotopic (exact) mass is 377 g/mol. The molecule has 0 aliphatic heterocycles. The van der Waals surface area contributed by atoms with Crippen LogP contribution in [0.15, 0.2) is 66.7 Å². The third-order valence-electron chi connectivity index (χ3n) is 4.05. The molecule has 0 fully saturated rings. The van der Waals surface area contributed by atoms with Crippen LogP contribution in [0.4, 0.5) is 0 Å². The molecule has 0 saturated heterocycles. The summed E-state index contributed by atoms with van der Waals surface area (Å²) >= 11 is 11.9. The van der Waals surface area contributed by atoms with Gasteiger partial charge in [-0.25, -0.2) is 0 Å². The van der Waals surface area contributed by atoms with E-state index in [1.165, 1.54) is 0 Å². The van der Waals surface area contributed by atoms with Gasteiger partial charge in [-0.2, -0.15) is 10.5 Å². The van der Waals surface area contributed by atoms with Gasteiger partial charge in [0, 0.05) is 10.0 Å². The third kappa shape index (κ3) is 3.86. The zero-order valence-electron chi connectivity index (χ0n) is 13.6. The zero-order valence-corrected chi connectivity index (χ0v) is 15.1. The zero-order chi connectivity index (χ0) is 18.5. The van der Waals surface area contributed by atoms with E-state index in [0.29, 0.717) is 21.4 Å². The van der Waals surface area contributed by atoms with Gasteiger partial charge in [-0.15, -0.1) is 0 Å². The van der Waals surface area contributed by atoms with Crippen molar-refractivity contribution in [2.45, 2.75) is 11.8 Å². The van der Waals surface area contributed by atoms with Crippen LogP contribution in [-0.2, 0) is 0 Å². The lowest BCUT2D eigenvalue weighted by Gasteiger charge is -2.14. The molecule has 0 radical (unpaired) electrons. The fourth-order valence-corrected chi connectivity index (χ4v) is 2.98. The predicted molar refractivity (Wildman–Crippen MR) is 102 cm³/mol. The van der Waals surface area contributed by atoms with Gasteiger partial charge < -0.3 is 0 Å². The average Bonchev–Trinajstić information content (AvgIpc) is 2.66. The maximum Gasteiger partial charge on any atom is 0.113 e. The van der Waals surface area contributed by atoms with Crippen molar-refractivity contribution >= 4 is 23.2 Å². The van der Waals surface area contributed by atoms with Crippen LogP contribution in [0.2, 0.25) is 10.0 Å². The number of halogens is 2. The molecule has 3 nitrogen and oxygen atoms in total. The van der Waals surface area contributed by atoms with Crippen molar-refractivity contribution < 1.29 is 0 Å². The second-order valence-electron chi connectivity index (χ2n) is 5.71. The molecule has 126 valence electrons. The molecule has 1 heterocycles. The van der Waals surface area contributed by atoms with Gasteiger partial charge >= 0.3 is 0 Å². The number of aromatic nitrogens is 1. The Kier molecular flexibility index (Phi) is 5.54. The van der Waals surface area contributed by atoms with E-state index in [1.807, 2.05) is 30.3 Å². The summed E-state index contributed by atoms with van der Waals surface area (Å²) in [4.78, 5) is 4.60. The van der Waals surface area contributed by atoms with E-state index < -0.39 is 11.8 Å². The van der Waals surface area contributed by atoms with Gasteiger partial charge in [-0.1, -0.05) is 53.5 Å². The van der Waals surface area contributed by atoms with Gasteiger partial charge in [-0.05, 0) is 47.5 Å². The SMILES string of the molecule is N#C[C@@H](c1ccc(Cl)cc1)c1cccc([C@@H](C#N)c2ccc(Cl)cc2)n1. The van der Waals surface area contributed by atoms with Crippen molar-refractivity contribution in [1.82, 2.24) is 4.98 Å². The number of benzene rings is 2. The third-order valence-corrected chi connectivity index (χ3v) is 4.55. The molecular weight excluding hydrogens is 365 g/mol. The summed E-state index contributed by atoms with van der Waals surface area (Å²) in [5.74, 6) is -1.06. The molecular formula is C21H13Cl2N3. The van der Waals surface area contributed by atoms with Crippen LogP contribution < -0.4 is 0 Å². The number of nitriles is 2. The predicted octanol–water partition coefficient (Wildman–Crippen LogP) is 5.70. The minimum atomic E-state index is -0.531. The van der Waals surface area contributed by atoms with E-state index in [9.17, 15) is 10.5 Å². The molecule has 5 heteroatoms. The number of rotatable bonds is 4. The van der Waals surface area contributed by atoms with Crippen LogP contribution in [0.5, 0.6) is 0 Å². The van der Waals surface area contributed by atoms with Gasteiger partial charge in [-0.3, -0.25) is 4.98 Å². The lowest BCUT2D eigenvalue weighted by atomic mass is 9.93. The van der Waals surface area contributed by atoms with Crippen LogP contribution in [0, 0.1) is 22.7 Å². The van der Waals surface area contributed by atoms with Crippen LogP contribution in [0.3, 0.4) is 0 Å². The van der Waals surface area contributed by atoms with Crippen molar-refractivity contribution in [3.63, 3.8) is 0 Å².